The smallest absolute Gasteiger partial charge is 0.259 e. The lowest BCUT2D eigenvalue weighted by atomic mass is 10.2. The third-order valence-electron chi connectivity index (χ3n) is 3.96. The number of carbonyl (C=O) groups excluding carboxylic acids is 1. The molecule has 1 aliphatic heterocycles. The molecule has 6 nitrogen and oxygen atoms in total. The fourth-order valence-electron chi connectivity index (χ4n) is 2.64. The van der Waals surface area contributed by atoms with E-state index < -0.39 is 0 Å². The molecule has 23 heavy (non-hydrogen) atoms. The van der Waals surface area contributed by atoms with Crippen molar-refractivity contribution >= 4 is 17.5 Å². The van der Waals surface area contributed by atoms with E-state index in [0.717, 1.165) is 31.7 Å². The Balaban J connectivity index is 1.60. The van der Waals surface area contributed by atoms with Crippen molar-refractivity contribution in [1.82, 2.24) is 19.9 Å². The van der Waals surface area contributed by atoms with Crippen LogP contribution in [0.4, 0.5) is 0 Å². The second kappa shape index (κ2) is 7.10. The summed E-state index contributed by atoms with van der Waals surface area (Å²) in [5.41, 5.74) is 0.742. The maximum atomic E-state index is 11.7. The molecule has 2 heterocycles. The van der Waals surface area contributed by atoms with Crippen molar-refractivity contribution in [2.75, 3.05) is 26.2 Å². The topological polar surface area (TPSA) is 62.5 Å². The molecule has 0 bridgehead atoms. The highest BCUT2D eigenvalue weighted by Crippen LogP contribution is 2.26. The number of halogens is 1. The summed E-state index contributed by atoms with van der Waals surface area (Å²) in [6.07, 6.45) is 0.562. The Hall–Kier alpha value is -1.92. The lowest BCUT2D eigenvalue weighted by Gasteiger charge is -2.33. The average Bonchev–Trinajstić information content (AvgIpc) is 3.03. The van der Waals surface area contributed by atoms with E-state index in [-0.39, 0.29) is 5.91 Å². The maximum Gasteiger partial charge on any atom is 0.259 e. The molecule has 122 valence electrons. The summed E-state index contributed by atoms with van der Waals surface area (Å²) in [4.78, 5) is 20.2. The molecule has 0 atom stereocenters. The molecular formula is C16H19ClN4O2. The number of amides is 1. The van der Waals surface area contributed by atoms with Gasteiger partial charge in [0.15, 0.2) is 5.82 Å². The molecule has 0 spiro atoms. The van der Waals surface area contributed by atoms with E-state index in [1.165, 1.54) is 0 Å². The van der Waals surface area contributed by atoms with Crippen LogP contribution < -0.4 is 0 Å². The predicted octanol–water partition coefficient (Wildman–Crippen LogP) is 2.44. The molecular weight excluding hydrogens is 316 g/mol. The quantitative estimate of drug-likeness (QED) is 0.859. The molecule has 2 aromatic rings. The van der Waals surface area contributed by atoms with Crippen LogP contribution in [0, 0.1) is 0 Å². The first-order chi connectivity index (χ1) is 11.2. The van der Waals surface area contributed by atoms with Gasteiger partial charge in [-0.15, -0.1) is 0 Å². The highest BCUT2D eigenvalue weighted by molar-refractivity contribution is 6.33. The normalized spacial score (nSPS) is 15.8. The van der Waals surface area contributed by atoms with Crippen LogP contribution >= 0.6 is 11.6 Å². The first-order valence-electron chi connectivity index (χ1n) is 7.75. The Kier molecular flexibility index (Phi) is 4.93. The molecule has 0 N–H and O–H groups in total. The number of aromatic nitrogens is 2. The van der Waals surface area contributed by atoms with Crippen LogP contribution in [0.1, 0.15) is 19.2 Å². The second-order valence-electron chi connectivity index (χ2n) is 5.51. The molecule has 0 unspecified atom stereocenters. The molecule has 0 saturated carbocycles. The van der Waals surface area contributed by atoms with Crippen molar-refractivity contribution < 1.29 is 9.32 Å². The van der Waals surface area contributed by atoms with Gasteiger partial charge >= 0.3 is 0 Å². The Morgan fingerprint density at radius 2 is 2.00 bits per heavy atom. The summed E-state index contributed by atoms with van der Waals surface area (Å²) in [5, 5.41) is 4.62. The number of benzene rings is 1. The van der Waals surface area contributed by atoms with Crippen LogP contribution in [0.15, 0.2) is 28.8 Å². The van der Waals surface area contributed by atoms with Gasteiger partial charge in [-0.3, -0.25) is 9.69 Å². The first kappa shape index (κ1) is 16.0. The molecule has 1 amide bonds. The third-order valence-corrected chi connectivity index (χ3v) is 4.29. The zero-order valence-electron chi connectivity index (χ0n) is 13.0. The fraction of sp³-hybridized carbons (Fsp3) is 0.438. The summed E-state index contributed by atoms with van der Waals surface area (Å²) in [7, 11) is 0. The van der Waals surface area contributed by atoms with Crippen molar-refractivity contribution in [2.45, 2.75) is 19.9 Å². The molecule has 1 fully saturated rings. The number of hydrogen-bond donors (Lipinski definition) is 0. The average molecular weight is 335 g/mol. The van der Waals surface area contributed by atoms with E-state index in [1.54, 1.807) is 6.07 Å². The fourth-order valence-corrected chi connectivity index (χ4v) is 2.86. The number of carbonyl (C=O) groups is 1. The van der Waals surface area contributed by atoms with Gasteiger partial charge in [0.1, 0.15) is 0 Å². The van der Waals surface area contributed by atoms with Crippen LogP contribution in [0.3, 0.4) is 0 Å². The molecule has 1 aromatic heterocycles. The van der Waals surface area contributed by atoms with Gasteiger partial charge in [-0.2, -0.15) is 4.98 Å². The molecule has 1 aromatic carbocycles. The predicted molar refractivity (Wildman–Crippen MR) is 86.9 cm³/mol. The van der Waals surface area contributed by atoms with Crippen molar-refractivity contribution in [3.05, 3.63) is 35.1 Å². The van der Waals surface area contributed by atoms with Crippen LogP contribution in [0.25, 0.3) is 11.5 Å². The van der Waals surface area contributed by atoms with Crippen LogP contribution in [0.5, 0.6) is 0 Å². The number of nitrogens with zero attached hydrogens (tertiary/aromatic N) is 4. The van der Waals surface area contributed by atoms with Crippen molar-refractivity contribution in [3.63, 3.8) is 0 Å². The third kappa shape index (κ3) is 3.71. The Labute approximate surface area is 140 Å². The molecule has 7 heteroatoms. The Morgan fingerprint density at radius 3 is 2.70 bits per heavy atom. The monoisotopic (exact) mass is 334 g/mol. The van der Waals surface area contributed by atoms with E-state index in [2.05, 4.69) is 15.0 Å². The highest BCUT2D eigenvalue weighted by atomic mass is 35.5. The van der Waals surface area contributed by atoms with Crippen LogP contribution in [-0.2, 0) is 11.3 Å². The van der Waals surface area contributed by atoms with E-state index in [4.69, 9.17) is 16.1 Å². The van der Waals surface area contributed by atoms with Crippen LogP contribution in [0.2, 0.25) is 5.02 Å². The molecule has 3 rings (SSSR count). The van der Waals surface area contributed by atoms with Gasteiger partial charge in [-0.1, -0.05) is 35.8 Å². The van der Waals surface area contributed by atoms with E-state index in [1.807, 2.05) is 30.0 Å². The zero-order chi connectivity index (χ0) is 16.2. The highest BCUT2D eigenvalue weighted by Gasteiger charge is 2.21. The van der Waals surface area contributed by atoms with Gasteiger partial charge in [0.2, 0.25) is 5.91 Å². The van der Waals surface area contributed by atoms with Crippen molar-refractivity contribution in [3.8, 4) is 11.5 Å². The van der Waals surface area contributed by atoms with Crippen molar-refractivity contribution in [2.24, 2.45) is 0 Å². The first-order valence-corrected chi connectivity index (χ1v) is 8.12. The summed E-state index contributed by atoms with van der Waals surface area (Å²) in [5.74, 6) is 1.28. The van der Waals surface area contributed by atoms with Gasteiger partial charge in [-0.05, 0) is 12.1 Å². The Bertz CT molecular complexity index is 680. The van der Waals surface area contributed by atoms with Gasteiger partial charge < -0.3 is 9.42 Å². The van der Waals surface area contributed by atoms with E-state index in [9.17, 15) is 4.79 Å². The minimum absolute atomic E-state index is 0.213. The number of rotatable bonds is 4. The molecule has 0 radical (unpaired) electrons. The van der Waals surface area contributed by atoms with Gasteiger partial charge in [-0.25, -0.2) is 0 Å². The lowest BCUT2D eigenvalue weighted by molar-refractivity contribution is -0.132. The minimum Gasteiger partial charge on any atom is -0.340 e. The largest absolute Gasteiger partial charge is 0.340 e. The number of piperazine rings is 1. The SMILES string of the molecule is CCC(=O)N1CCN(Cc2noc(-c3ccccc3Cl)n2)CC1. The lowest BCUT2D eigenvalue weighted by Crippen LogP contribution is -2.48. The summed E-state index contributed by atoms with van der Waals surface area (Å²) >= 11 is 6.14. The molecule has 0 aliphatic carbocycles. The molecule has 1 aliphatic rings. The minimum atomic E-state index is 0.213. The second-order valence-corrected chi connectivity index (χ2v) is 5.91. The van der Waals surface area contributed by atoms with Gasteiger partial charge in [0, 0.05) is 32.6 Å². The van der Waals surface area contributed by atoms with E-state index >= 15 is 0 Å². The van der Waals surface area contributed by atoms with Gasteiger partial charge in [0.05, 0.1) is 17.1 Å². The Morgan fingerprint density at radius 1 is 1.26 bits per heavy atom. The van der Waals surface area contributed by atoms with E-state index in [0.29, 0.717) is 29.7 Å². The summed E-state index contributed by atoms with van der Waals surface area (Å²) in [6, 6.07) is 7.40. The van der Waals surface area contributed by atoms with Crippen molar-refractivity contribution in [1.29, 1.82) is 0 Å². The summed E-state index contributed by atoms with van der Waals surface area (Å²) < 4.78 is 5.31. The summed E-state index contributed by atoms with van der Waals surface area (Å²) in [6.45, 7) is 5.65. The van der Waals surface area contributed by atoms with Crippen LogP contribution in [-0.4, -0.2) is 52.0 Å². The maximum absolute atomic E-state index is 11.7. The number of hydrogen-bond acceptors (Lipinski definition) is 5. The zero-order valence-corrected chi connectivity index (χ0v) is 13.8. The standard InChI is InChI=1S/C16H19ClN4O2/c1-2-15(22)21-9-7-20(8-10-21)11-14-18-16(23-19-14)12-5-3-4-6-13(12)17/h3-6H,2,7-11H2,1H3. The molecule has 1 saturated heterocycles. The van der Waals surface area contributed by atoms with Gasteiger partial charge in [0.25, 0.3) is 5.89 Å².